The zero-order valence-corrected chi connectivity index (χ0v) is 17.0. The van der Waals surface area contributed by atoms with Crippen molar-refractivity contribution in [2.24, 2.45) is 11.8 Å². The number of likely N-dealkylation sites (tertiary alicyclic amines) is 1. The van der Waals surface area contributed by atoms with Crippen LogP contribution in [0.15, 0.2) is 24.4 Å². The molecule has 27 heavy (non-hydrogen) atoms. The van der Waals surface area contributed by atoms with E-state index in [-0.39, 0.29) is 17.2 Å². The number of nitrogens with one attached hydrogen (secondary N) is 1. The molecule has 1 aliphatic heterocycles. The van der Waals surface area contributed by atoms with E-state index < -0.39 is 0 Å². The van der Waals surface area contributed by atoms with Crippen molar-refractivity contribution in [1.29, 1.82) is 0 Å². The van der Waals surface area contributed by atoms with Crippen molar-refractivity contribution in [3.8, 4) is 0 Å². The molecule has 2 radical (unpaired) electrons. The normalized spacial score (nSPS) is 20.3. The van der Waals surface area contributed by atoms with Gasteiger partial charge in [-0.05, 0) is 30.7 Å². The number of rotatable bonds is 7. The number of hydrogen-bond donors (Lipinski definition) is 1. The summed E-state index contributed by atoms with van der Waals surface area (Å²) in [6.45, 7) is 10.9. The van der Waals surface area contributed by atoms with Crippen LogP contribution in [0.2, 0.25) is 0 Å². The van der Waals surface area contributed by atoms with Gasteiger partial charge in [-0.3, -0.25) is 9.69 Å². The SMILES string of the molecule is [B]c1ccc(NC(=C)CCC(=O)N(C)C)c(CN2C[C@H](C)C[C@H](C)C2)c1F. The summed E-state index contributed by atoms with van der Waals surface area (Å²) >= 11 is 0. The van der Waals surface area contributed by atoms with E-state index in [1.54, 1.807) is 31.1 Å². The quantitative estimate of drug-likeness (QED) is 0.749. The lowest BCUT2D eigenvalue weighted by Crippen LogP contribution is -2.38. The molecule has 1 aliphatic rings. The predicted molar refractivity (Wildman–Crippen MR) is 111 cm³/mol. The van der Waals surface area contributed by atoms with Crippen LogP contribution in [0.5, 0.6) is 0 Å². The van der Waals surface area contributed by atoms with Crippen molar-refractivity contribution in [1.82, 2.24) is 9.80 Å². The number of amides is 1. The lowest BCUT2D eigenvalue weighted by Gasteiger charge is -2.35. The van der Waals surface area contributed by atoms with Gasteiger partial charge in [-0.15, -0.1) is 0 Å². The standard InChI is InChI=1S/C21H31BFN3O/c1-14-10-15(2)12-26(11-14)13-17-19(8-7-18(22)21(17)23)24-16(3)6-9-20(27)25(4)5/h7-8,14-15,24H,3,6,9-13H2,1-2,4-5H3/t14-,15+. The molecule has 2 rings (SSSR count). The first-order chi connectivity index (χ1) is 12.7. The van der Waals surface area contributed by atoms with Crippen LogP contribution in [0, 0.1) is 17.7 Å². The van der Waals surface area contributed by atoms with Gasteiger partial charge >= 0.3 is 0 Å². The molecule has 1 saturated heterocycles. The number of benzene rings is 1. The van der Waals surface area contributed by atoms with Crippen molar-refractivity contribution in [3.63, 3.8) is 0 Å². The molecule has 146 valence electrons. The highest BCUT2D eigenvalue weighted by molar-refractivity contribution is 6.32. The first-order valence-electron chi connectivity index (χ1n) is 9.61. The molecular weight excluding hydrogens is 340 g/mol. The number of halogens is 1. The summed E-state index contributed by atoms with van der Waals surface area (Å²) in [5.41, 5.74) is 2.09. The molecule has 0 spiro atoms. The van der Waals surface area contributed by atoms with E-state index in [1.807, 2.05) is 0 Å². The monoisotopic (exact) mass is 371 g/mol. The Hall–Kier alpha value is -1.82. The van der Waals surface area contributed by atoms with E-state index in [0.29, 0.717) is 48.2 Å². The lowest BCUT2D eigenvalue weighted by molar-refractivity contribution is -0.128. The Morgan fingerprint density at radius 2 is 1.93 bits per heavy atom. The van der Waals surface area contributed by atoms with Crippen molar-refractivity contribution in [2.45, 2.75) is 39.7 Å². The van der Waals surface area contributed by atoms with Crippen LogP contribution in [-0.4, -0.2) is 50.7 Å². The molecule has 2 atom stereocenters. The molecule has 1 aromatic carbocycles. The summed E-state index contributed by atoms with van der Waals surface area (Å²) in [6, 6.07) is 3.37. The summed E-state index contributed by atoms with van der Waals surface area (Å²) < 4.78 is 14.8. The van der Waals surface area contributed by atoms with Gasteiger partial charge in [0, 0.05) is 57.1 Å². The Kier molecular flexibility index (Phi) is 7.48. The van der Waals surface area contributed by atoms with Crippen LogP contribution >= 0.6 is 0 Å². The third kappa shape index (κ3) is 6.10. The Balaban J connectivity index is 2.11. The maximum Gasteiger partial charge on any atom is 0.222 e. The zero-order valence-electron chi connectivity index (χ0n) is 17.0. The summed E-state index contributed by atoms with van der Waals surface area (Å²) in [5, 5.41) is 3.20. The topological polar surface area (TPSA) is 35.6 Å². The largest absolute Gasteiger partial charge is 0.359 e. The third-order valence-corrected chi connectivity index (χ3v) is 5.05. The van der Waals surface area contributed by atoms with E-state index in [0.717, 1.165) is 13.1 Å². The minimum absolute atomic E-state index is 0.0398. The number of piperidine rings is 1. The van der Waals surface area contributed by atoms with E-state index in [1.165, 1.54) is 6.42 Å². The van der Waals surface area contributed by atoms with Crippen LogP contribution < -0.4 is 10.8 Å². The Morgan fingerprint density at radius 1 is 1.30 bits per heavy atom. The van der Waals surface area contributed by atoms with Gasteiger partial charge in [-0.1, -0.05) is 32.0 Å². The highest BCUT2D eigenvalue weighted by Gasteiger charge is 2.24. The maximum atomic E-state index is 14.8. The van der Waals surface area contributed by atoms with E-state index in [9.17, 15) is 9.18 Å². The van der Waals surface area contributed by atoms with E-state index >= 15 is 0 Å². The highest BCUT2D eigenvalue weighted by atomic mass is 19.1. The first-order valence-corrected chi connectivity index (χ1v) is 9.61. The Bertz CT molecular complexity index is 682. The third-order valence-electron chi connectivity index (χ3n) is 5.05. The van der Waals surface area contributed by atoms with Gasteiger partial charge in [-0.25, -0.2) is 4.39 Å². The summed E-state index contributed by atoms with van der Waals surface area (Å²) in [5.74, 6) is 0.864. The van der Waals surface area contributed by atoms with Gasteiger partial charge in [0.05, 0.1) is 0 Å². The second kappa shape index (κ2) is 9.40. The molecule has 0 saturated carbocycles. The molecule has 1 fully saturated rings. The first kappa shape index (κ1) is 21.5. The second-order valence-corrected chi connectivity index (χ2v) is 8.15. The zero-order chi connectivity index (χ0) is 20.1. The Labute approximate surface area is 164 Å². The molecule has 1 amide bonds. The summed E-state index contributed by atoms with van der Waals surface area (Å²) in [4.78, 5) is 15.6. The smallest absolute Gasteiger partial charge is 0.222 e. The highest BCUT2D eigenvalue weighted by Crippen LogP contribution is 2.26. The molecule has 0 unspecified atom stereocenters. The summed E-state index contributed by atoms with van der Waals surface area (Å²) in [7, 11) is 9.28. The number of carbonyl (C=O) groups is 1. The van der Waals surface area contributed by atoms with Crippen molar-refractivity contribution < 1.29 is 9.18 Å². The average Bonchev–Trinajstić information content (AvgIpc) is 2.58. The van der Waals surface area contributed by atoms with Crippen LogP contribution in [0.3, 0.4) is 0 Å². The summed E-state index contributed by atoms with van der Waals surface area (Å²) in [6.07, 6.45) is 2.07. The predicted octanol–water partition coefficient (Wildman–Crippen LogP) is 2.89. The molecule has 0 aromatic heterocycles. The average molecular weight is 371 g/mol. The van der Waals surface area contributed by atoms with Crippen LogP contribution in [0.1, 0.15) is 38.7 Å². The molecule has 6 heteroatoms. The van der Waals surface area contributed by atoms with Crippen LogP contribution in [0.25, 0.3) is 0 Å². The fraction of sp³-hybridized carbons (Fsp3) is 0.571. The molecule has 0 bridgehead atoms. The molecule has 0 aliphatic carbocycles. The fourth-order valence-corrected chi connectivity index (χ4v) is 3.79. The van der Waals surface area contributed by atoms with Crippen molar-refractivity contribution in [3.05, 3.63) is 35.8 Å². The molecule has 4 nitrogen and oxygen atoms in total. The molecular formula is C21H31BFN3O. The maximum absolute atomic E-state index is 14.8. The number of allylic oxidation sites excluding steroid dienone is 1. The number of nitrogens with zero attached hydrogens (tertiary/aromatic N) is 2. The van der Waals surface area contributed by atoms with Crippen LogP contribution in [-0.2, 0) is 11.3 Å². The van der Waals surface area contributed by atoms with E-state index in [4.69, 9.17) is 7.85 Å². The lowest BCUT2D eigenvalue weighted by atomic mass is 9.90. The van der Waals surface area contributed by atoms with Gasteiger partial charge in [0.15, 0.2) is 0 Å². The number of anilines is 1. The van der Waals surface area contributed by atoms with Gasteiger partial charge in [-0.2, -0.15) is 0 Å². The van der Waals surface area contributed by atoms with Gasteiger partial charge in [0.25, 0.3) is 0 Å². The minimum Gasteiger partial charge on any atom is -0.359 e. The molecule has 1 N–H and O–H groups in total. The van der Waals surface area contributed by atoms with Gasteiger partial charge in [0.1, 0.15) is 13.7 Å². The van der Waals surface area contributed by atoms with E-state index in [2.05, 4.69) is 30.6 Å². The van der Waals surface area contributed by atoms with Gasteiger partial charge in [0.2, 0.25) is 5.91 Å². The Morgan fingerprint density at radius 3 is 2.52 bits per heavy atom. The minimum atomic E-state index is -0.372. The number of carbonyl (C=O) groups excluding carboxylic acids is 1. The van der Waals surface area contributed by atoms with Crippen molar-refractivity contribution >= 4 is 24.9 Å². The van der Waals surface area contributed by atoms with Crippen molar-refractivity contribution in [2.75, 3.05) is 32.5 Å². The molecule has 1 heterocycles. The molecule has 1 aromatic rings. The van der Waals surface area contributed by atoms with Crippen LogP contribution in [0.4, 0.5) is 10.1 Å². The van der Waals surface area contributed by atoms with Gasteiger partial charge < -0.3 is 10.2 Å². The second-order valence-electron chi connectivity index (χ2n) is 8.15. The fourth-order valence-electron chi connectivity index (χ4n) is 3.79. The number of hydrogen-bond acceptors (Lipinski definition) is 3.